The molecule has 10 heteroatoms. The van der Waals surface area contributed by atoms with Crippen LogP contribution in [0.4, 0.5) is 8.78 Å². The highest BCUT2D eigenvalue weighted by molar-refractivity contribution is 5.67. The van der Waals surface area contributed by atoms with Crippen molar-refractivity contribution in [1.82, 2.24) is 30.4 Å². The number of hydrogen-bond donors (Lipinski definition) is 0. The topological polar surface area (TPSA) is 104 Å². The zero-order chi connectivity index (χ0) is 28.5. The van der Waals surface area contributed by atoms with Crippen molar-refractivity contribution < 1.29 is 17.6 Å². The van der Waals surface area contributed by atoms with Crippen LogP contribution in [-0.4, -0.2) is 30.4 Å². The van der Waals surface area contributed by atoms with Crippen molar-refractivity contribution in [2.24, 2.45) is 0 Å². The molecule has 3 aromatic carbocycles. The van der Waals surface area contributed by atoms with Crippen LogP contribution < -0.4 is 0 Å². The molecule has 4 heterocycles. The van der Waals surface area contributed by atoms with Gasteiger partial charge in [-0.15, -0.1) is 20.4 Å². The third kappa shape index (κ3) is 5.04. The Hall–Kier alpha value is -5.90. The van der Waals surface area contributed by atoms with E-state index in [9.17, 15) is 8.78 Å². The van der Waals surface area contributed by atoms with Gasteiger partial charge in [0.1, 0.15) is 23.0 Å². The first kappa shape index (κ1) is 25.1. The monoisotopic (exact) mass is 556 g/mol. The molecule has 0 amide bonds. The van der Waals surface area contributed by atoms with E-state index in [0.29, 0.717) is 33.9 Å². The van der Waals surface area contributed by atoms with Crippen LogP contribution in [0.5, 0.6) is 0 Å². The van der Waals surface area contributed by atoms with Crippen LogP contribution >= 0.6 is 0 Å². The summed E-state index contributed by atoms with van der Waals surface area (Å²) in [6.07, 6.45) is 0. The summed E-state index contributed by atoms with van der Waals surface area (Å²) in [5, 5.41) is 16.8. The molecular weight excluding hydrogens is 538 g/mol. The molecular formula is C32H18F2N6O2. The third-order valence-corrected chi connectivity index (χ3v) is 6.42. The summed E-state index contributed by atoms with van der Waals surface area (Å²) in [6.45, 7) is 0. The Labute approximate surface area is 237 Å². The molecule has 0 N–H and O–H groups in total. The van der Waals surface area contributed by atoms with E-state index in [1.165, 1.54) is 24.3 Å². The van der Waals surface area contributed by atoms with Crippen LogP contribution in [0.25, 0.3) is 68.6 Å². The Balaban J connectivity index is 1.14. The summed E-state index contributed by atoms with van der Waals surface area (Å²) in [5.41, 5.74) is 5.11. The van der Waals surface area contributed by atoms with Crippen molar-refractivity contribution in [1.29, 1.82) is 0 Å². The Bertz CT molecular complexity index is 1880. The normalized spacial score (nSPS) is 11.1. The highest BCUT2D eigenvalue weighted by Crippen LogP contribution is 2.30. The third-order valence-electron chi connectivity index (χ3n) is 6.42. The average molecular weight is 557 g/mol. The van der Waals surface area contributed by atoms with E-state index in [-0.39, 0.29) is 35.2 Å². The molecule has 4 aromatic heterocycles. The Morgan fingerprint density at radius 3 is 1.21 bits per heavy atom. The van der Waals surface area contributed by atoms with Crippen LogP contribution in [0, 0.1) is 11.6 Å². The van der Waals surface area contributed by atoms with Crippen LogP contribution in [0.1, 0.15) is 0 Å². The molecule has 0 aliphatic rings. The summed E-state index contributed by atoms with van der Waals surface area (Å²) in [4.78, 5) is 9.20. The summed E-state index contributed by atoms with van der Waals surface area (Å²) >= 11 is 0. The molecule has 0 atom stereocenters. The molecule has 42 heavy (non-hydrogen) atoms. The molecule has 0 aliphatic heterocycles. The number of rotatable bonds is 6. The first-order valence-electron chi connectivity index (χ1n) is 12.8. The lowest BCUT2D eigenvalue weighted by atomic mass is 10.1. The minimum atomic E-state index is -0.317. The van der Waals surface area contributed by atoms with Gasteiger partial charge in [0.05, 0.1) is 11.4 Å². The van der Waals surface area contributed by atoms with Crippen molar-refractivity contribution in [2.75, 3.05) is 0 Å². The van der Waals surface area contributed by atoms with Gasteiger partial charge in [-0.25, -0.2) is 18.7 Å². The quantitative estimate of drug-likeness (QED) is 0.207. The maximum atomic E-state index is 13.3. The van der Waals surface area contributed by atoms with Crippen molar-refractivity contribution in [2.45, 2.75) is 0 Å². The van der Waals surface area contributed by atoms with Crippen molar-refractivity contribution in [3.63, 3.8) is 0 Å². The second-order valence-corrected chi connectivity index (χ2v) is 9.24. The molecule has 7 rings (SSSR count). The summed E-state index contributed by atoms with van der Waals surface area (Å²) in [6, 6.07) is 30.3. The van der Waals surface area contributed by atoms with Crippen molar-refractivity contribution in [3.05, 3.63) is 121 Å². The van der Waals surface area contributed by atoms with E-state index < -0.39 is 0 Å². The molecule has 8 nitrogen and oxygen atoms in total. The van der Waals surface area contributed by atoms with E-state index in [2.05, 4.69) is 30.4 Å². The van der Waals surface area contributed by atoms with Gasteiger partial charge in [0, 0.05) is 22.3 Å². The maximum Gasteiger partial charge on any atom is 0.266 e. The van der Waals surface area contributed by atoms with Gasteiger partial charge in [-0.1, -0.05) is 18.2 Å². The molecule has 0 aliphatic carbocycles. The zero-order valence-corrected chi connectivity index (χ0v) is 21.6. The van der Waals surface area contributed by atoms with E-state index in [1.807, 2.05) is 42.5 Å². The zero-order valence-electron chi connectivity index (χ0n) is 21.6. The van der Waals surface area contributed by atoms with Crippen LogP contribution in [0.3, 0.4) is 0 Å². The predicted molar refractivity (Wildman–Crippen MR) is 150 cm³/mol. The molecule has 7 aromatic rings. The first-order chi connectivity index (χ1) is 20.6. The largest absolute Gasteiger partial charge is 0.415 e. The van der Waals surface area contributed by atoms with E-state index in [0.717, 1.165) is 11.1 Å². The smallest absolute Gasteiger partial charge is 0.266 e. The van der Waals surface area contributed by atoms with Gasteiger partial charge >= 0.3 is 0 Å². The number of halogens is 2. The minimum absolute atomic E-state index is 0.242. The molecule has 0 bridgehead atoms. The van der Waals surface area contributed by atoms with Gasteiger partial charge in [0.15, 0.2) is 0 Å². The summed E-state index contributed by atoms with van der Waals surface area (Å²) < 4.78 is 38.6. The minimum Gasteiger partial charge on any atom is -0.415 e. The number of benzene rings is 3. The number of nitrogens with zero attached hydrogens (tertiary/aromatic N) is 6. The number of aromatic nitrogens is 6. The molecule has 0 unspecified atom stereocenters. The van der Waals surface area contributed by atoms with Gasteiger partial charge in [-0.3, -0.25) is 0 Å². The fourth-order valence-electron chi connectivity index (χ4n) is 4.34. The SMILES string of the molecule is Fc1ccc(-c2cccc(-c3nnc(-c4cccc(-c5nnc(-c6cccc(-c7ccc(F)cc7)n6)o5)c4)o3)n2)cc1. The molecule has 0 saturated carbocycles. The van der Waals surface area contributed by atoms with Crippen LogP contribution in [0.2, 0.25) is 0 Å². The number of hydrogen-bond acceptors (Lipinski definition) is 8. The van der Waals surface area contributed by atoms with Gasteiger partial charge in [-0.2, -0.15) is 0 Å². The Kier molecular flexibility index (Phi) is 6.32. The Morgan fingerprint density at radius 1 is 0.381 bits per heavy atom. The fraction of sp³-hybridized carbons (Fsp3) is 0. The van der Waals surface area contributed by atoms with Gasteiger partial charge in [0.2, 0.25) is 11.8 Å². The lowest BCUT2D eigenvalue weighted by Crippen LogP contribution is -1.88. The van der Waals surface area contributed by atoms with Crippen molar-refractivity contribution >= 4 is 0 Å². The lowest BCUT2D eigenvalue weighted by molar-refractivity contribution is 0.580. The first-order valence-corrected chi connectivity index (χ1v) is 12.8. The molecule has 0 fully saturated rings. The van der Waals surface area contributed by atoms with Gasteiger partial charge in [-0.05, 0) is 91.0 Å². The van der Waals surface area contributed by atoms with Crippen LogP contribution in [0.15, 0.2) is 118 Å². The second-order valence-electron chi connectivity index (χ2n) is 9.24. The van der Waals surface area contributed by atoms with Crippen molar-refractivity contribution in [3.8, 4) is 68.6 Å². The molecule has 202 valence electrons. The van der Waals surface area contributed by atoms with E-state index >= 15 is 0 Å². The summed E-state index contributed by atoms with van der Waals surface area (Å²) in [7, 11) is 0. The van der Waals surface area contributed by atoms with E-state index in [1.54, 1.807) is 42.5 Å². The lowest BCUT2D eigenvalue weighted by Gasteiger charge is -2.02. The highest BCUT2D eigenvalue weighted by atomic mass is 19.1. The van der Waals surface area contributed by atoms with Gasteiger partial charge < -0.3 is 8.83 Å². The fourth-order valence-corrected chi connectivity index (χ4v) is 4.34. The summed E-state index contributed by atoms with van der Waals surface area (Å²) in [5.74, 6) is 0.424. The maximum absolute atomic E-state index is 13.3. The Morgan fingerprint density at radius 2 is 0.762 bits per heavy atom. The standard InChI is InChI=1S/C32H18F2N6O2/c33-23-14-10-19(11-15-23)25-6-2-8-27(35-25)31-39-37-29(41-31)21-4-1-5-22(18-21)30-38-40-32(42-30)28-9-3-7-26(36-28)20-12-16-24(34)17-13-20/h1-18H. The van der Waals surface area contributed by atoms with Crippen LogP contribution in [-0.2, 0) is 0 Å². The average Bonchev–Trinajstić information content (AvgIpc) is 3.74. The number of pyridine rings is 2. The molecule has 0 radical (unpaired) electrons. The second kappa shape index (κ2) is 10.6. The molecule has 0 saturated heterocycles. The van der Waals surface area contributed by atoms with E-state index in [4.69, 9.17) is 8.83 Å². The predicted octanol–water partition coefficient (Wildman–Crippen LogP) is 7.52. The van der Waals surface area contributed by atoms with Gasteiger partial charge in [0.25, 0.3) is 11.8 Å². The molecule has 0 spiro atoms. The highest BCUT2D eigenvalue weighted by Gasteiger charge is 2.16.